The van der Waals surface area contributed by atoms with E-state index in [9.17, 15) is 18.0 Å². The van der Waals surface area contributed by atoms with Crippen molar-refractivity contribution in [2.45, 2.75) is 37.4 Å². The standard InChI is InChI=1S/C19H23N3O4S/c1-22-12-11-20-19(22)18(24)14-6-8-15(9-7-14)21-17(23)10-13-27(25,26)16-4-2-3-5-16/h6-9,11-12,16H,2-5,10,13H2,1H3,(H,21,23). The molecule has 0 atom stereocenters. The van der Waals surface area contributed by atoms with Crippen molar-refractivity contribution in [3.05, 3.63) is 48.0 Å². The minimum absolute atomic E-state index is 0.0627. The molecule has 0 unspecified atom stereocenters. The molecule has 1 N–H and O–H groups in total. The number of hydrogen-bond acceptors (Lipinski definition) is 5. The molecule has 3 rings (SSSR count). The van der Waals surface area contributed by atoms with Crippen LogP contribution in [0.25, 0.3) is 0 Å². The van der Waals surface area contributed by atoms with Crippen LogP contribution < -0.4 is 5.32 Å². The molecule has 1 fully saturated rings. The topological polar surface area (TPSA) is 98.1 Å². The van der Waals surface area contributed by atoms with Gasteiger partial charge in [0.1, 0.15) is 0 Å². The lowest BCUT2D eigenvalue weighted by Crippen LogP contribution is -2.24. The zero-order chi connectivity index (χ0) is 19.4. The lowest BCUT2D eigenvalue weighted by Gasteiger charge is -2.11. The van der Waals surface area contributed by atoms with E-state index in [0.717, 1.165) is 12.8 Å². The highest BCUT2D eigenvalue weighted by Crippen LogP contribution is 2.25. The maximum Gasteiger partial charge on any atom is 0.228 e. The predicted octanol–water partition coefficient (Wildman–Crippen LogP) is 2.34. The Labute approximate surface area is 158 Å². The minimum atomic E-state index is -3.21. The SMILES string of the molecule is Cn1ccnc1C(=O)c1ccc(NC(=O)CCS(=O)(=O)C2CCCC2)cc1. The van der Waals surface area contributed by atoms with Crippen LogP contribution in [0.15, 0.2) is 36.7 Å². The van der Waals surface area contributed by atoms with Crippen molar-refractivity contribution < 1.29 is 18.0 Å². The van der Waals surface area contributed by atoms with Gasteiger partial charge in [-0.1, -0.05) is 12.8 Å². The molecule has 0 radical (unpaired) electrons. The van der Waals surface area contributed by atoms with Crippen molar-refractivity contribution in [2.24, 2.45) is 7.05 Å². The van der Waals surface area contributed by atoms with Gasteiger partial charge in [0, 0.05) is 37.1 Å². The number of ketones is 1. The van der Waals surface area contributed by atoms with Gasteiger partial charge in [0.05, 0.1) is 11.0 Å². The van der Waals surface area contributed by atoms with Gasteiger partial charge >= 0.3 is 0 Å². The first-order valence-electron chi connectivity index (χ1n) is 9.00. The summed E-state index contributed by atoms with van der Waals surface area (Å²) in [7, 11) is -1.46. The largest absolute Gasteiger partial charge is 0.331 e. The zero-order valence-corrected chi connectivity index (χ0v) is 16.0. The van der Waals surface area contributed by atoms with Gasteiger partial charge in [-0.3, -0.25) is 9.59 Å². The van der Waals surface area contributed by atoms with E-state index in [4.69, 9.17) is 0 Å². The summed E-state index contributed by atoms with van der Waals surface area (Å²) >= 11 is 0. The summed E-state index contributed by atoms with van der Waals surface area (Å²) < 4.78 is 26.1. The van der Waals surface area contributed by atoms with Crippen LogP contribution in [-0.2, 0) is 21.7 Å². The third-order valence-electron chi connectivity index (χ3n) is 4.88. The summed E-state index contributed by atoms with van der Waals surface area (Å²) in [6.45, 7) is 0. The third kappa shape index (κ3) is 4.63. The lowest BCUT2D eigenvalue weighted by molar-refractivity contribution is -0.115. The average Bonchev–Trinajstić information content (AvgIpc) is 3.32. The first-order chi connectivity index (χ1) is 12.9. The molecule has 1 saturated carbocycles. The molecule has 144 valence electrons. The maximum atomic E-state index is 12.4. The molecule has 7 nitrogen and oxygen atoms in total. The molecule has 0 saturated heterocycles. The number of benzene rings is 1. The molecule has 1 aliphatic carbocycles. The van der Waals surface area contributed by atoms with Gasteiger partial charge in [0.25, 0.3) is 0 Å². The van der Waals surface area contributed by atoms with Crippen LogP contribution in [0, 0.1) is 0 Å². The van der Waals surface area contributed by atoms with Crippen LogP contribution in [0.3, 0.4) is 0 Å². The highest BCUT2D eigenvalue weighted by Gasteiger charge is 2.28. The van der Waals surface area contributed by atoms with Gasteiger partial charge in [-0.05, 0) is 37.1 Å². The van der Waals surface area contributed by atoms with Gasteiger partial charge in [-0.25, -0.2) is 13.4 Å². The van der Waals surface area contributed by atoms with Gasteiger partial charge in [0.2, 0.25) is 11.7 Å². The zero-order valence-electron chi connectivity index (χ0n) is 15.2. The van der Waals surface area contributed by atoms with E-state index in [2.05, 4.69) is 10.3 Å². The van der Waals surface area contributed by atoms with E-state index < -0.39 is 9.84 Å². The summed E-state index contributed by atoms with van der Waals surface area (Å²) in [6, 6.07) is 6.48. The molecule has 27 heavy (non-hydrogen) atoms. The fraction of sp³-hybridized carbons (Fsp3) is 0.421. The monoisotopic (exact) mass is 389 g/mol. The van der Waals surface area contributed by atoms with Crippen molar-refractivity contribution in [1.82, 2.24) is 9.55 Å². The van der Waals surface area contributed by atoms with Crippen LogP contribution in [-0.4, -0.2) is 40.7 Å². The van der Waals surface area contributed by atoms with Crippen molar-refractivity contribution in [1.29, 1.82) is 0 Å². The molecular weight excluding hydrogens is 366 g/mol. The normalized spacial score (nSPS) is 15.0. The summed E-state index contributed by atoms with van der Waals surface area (Å²) in [4.78, 5) is 28.5. The second-order valence-electron chi connectivity index (χ2n) is 6.84. The van der Waals surface area contributed by atoms with Gasteiger partial charge < -0.3 is 9.88 Å². The smallest absolute Gasteiger partial charge is 0.228 e. The van der Waals surface area contributed by atoms with E-state index in [0.29, 0.717) is 29.9 Å². The molecule has 0 aliphatic heterocycles. The number of amides is 1. The van der Waals surface area contributed by atoms with Gasteiger partial charge in [0.15, 0.2) is 15.7 Å². The second-order valence-corrected chi connectivity index (χ2v) is 9.24. The summed E-state index contributed by atoms with van der Waals surface area (Å²) in [5.74, 6) is -0.342. The Bertz CT molecular complexity index is 926. The third-order valence-corrected chi connectivity index (χ3v) is 7.14. The molecule has 0 bridgehead atoms. The molecule has 1 aromatic heterocycles. The van der Waals surface area contributed by atoms with Crippen molar-refractivity contribution in [3.63, 3.8) is 0 Å². The lowest BCUT2D eigenvalue weighted by atomic mass is 10.1. The highest BCUT2D eigenvalue weighted by molar-refractivity contribution is 7.92. The van der Waals surface area contributed by atoms with E-state index in [1.807, 2.05) is 0 Å². The van der Waals surface area contributed by atoms with E-state index in [1.54, 1.807) is 48.3 Å². The van der Waals surface area contributed by atoms with Gasteiger partial charge in [-0.15, -0.1) is 0 Å². The first-order valence-corrected chi connectivity index (χ1v) is 10.7. The summed E-state index contributed by atoms with van der Waals surface area (Å²) in [6.07, 6.45) is 6.49. The minimum Gasteiger partial charge on any atom is -0.331 e. The first kappa shape index (κ1) is 19.3. The summed E-state index contributed by atoms with van der Waals surface area (Å²) in [5.41, 5.74) is 0.987. The molecule has 1 amide bonds. The Morgan fingerprint density at radius 1 is 1.19 bits per heavy atom. The molecular formula is C19H23N3O4S. The number of rotatable bonds is 7. The quantitative estimate of drug-likeness (QED) is 0.733. The van der Waals surface area contributed by atoms with Gasteiger partial charge in [-0.2, -0.15) is 0 Å². The van der Waals surface area contributed by atoms with Crippen LogP contribution in [0.5, 0.6) is 0 Å². The van der Waals surface area contributed by atoms with E-state index in [-0.39, 0.29) is 29.1 Å². The average molecular weight is 389 g/mol. The Balaban J connectivity index is 1.55. The van der Waals surface area contributed by atoms with Crippen molar-refractivity contribution >= 4 is 27.2 Å². The Morgan fingerprint density at radius 2 is 1.85 bits per heavy atom. The Hall–Kier alpha value is -2.48. The van der Waals surface area contributed by atoms with E-state index >= 15 is 0 Å². The second kappa shape index (κ2) is 8.04. The number of anilines is 1. The van der Waals surface area contributed by atoms with Crippen molar-refractivity contribution in [3.8, 4) is 0 Å². The molecule has 0 spiro atoms. The number of hydrogen-bond donors (Lipinski definition) is 1. The number of aromatic nitrogens is 2. The van der Waals surface area contributed by atoms with Crippen molar-refractivity contribution in [2.75, 3.05) is 11.1 Å². The number of aryl methyl sites for hydroxylation is 1. The van der Waals surface area contributed by atoms with Crippen LogP contribution in [0.4, 0.5) is 5.69 Å². The Morgan fingerprint density at radius 3 is 2.44 bits per heavy atom. The number of nitrogens with one attached hydrogen (secondary N) is 1. The fourth-order valence-electron chi connectivity index (χ4n) is 3.29. The number of carbonyl (C=O) groups excluding carboxylic acids is 2. The van der Waals surface area contributed by atoms with E-state index in [1.165, 1.54) is 0 Å². The van der Waals surface area contributed by atoms with Crippen LogP contribution >= 0.6 is 0 Å². The highest BCUT2D eigenvalue weighted by atomic mass is 32.2. The molecule has 1 heterocycles. The number of sulfone groups is 1. The fourth-order valence-corrected chi connectivity index (χ4v) is 5.15. The predicted molar refractivity (Wildman–Crippen MR) is 102 cm³/mol. The van der Waals surface area contributed by atoms with Crippen LogP contribution in [0.2, 0.25) is 0 Å². The molecule has 2 aromatic rings. The molecule has 8 heteroatoms. The summed E-state index contributed by atoms with van der Waals surface area (Å²) in [5, 5.41) is 2.39. The maximum absolute atomic E-state index is 12.4. The Kier molecular flexibility index (Phi) is 5.74. The molecule has 1 aromatic carbocycles. The number of carbonyl (C=O) groups is 2. The molecule has 1 aliphatic rings. The number of nitrogens with zero attached hydrogens (tertiary/aromatic N) is 2. The van der Waals surface area contributed by atoms with Crippen LogP contribution in [0.1, 0.15) is 48.3 Å². The number of imidazole rings is 1.